The number of fused-ring (bicyclic) bond motifs is 1. The highest BCUT2D eigenvalue weighted by Crippen LogP contribution is 2.46. The van der Waals surface area contributed by atoms with E-state index in [1.165, 1.54) is 18.4 Å². The van der Waals surface area contributed by atoms with Crippen LogP contribution < -0.4 is 15.0 Å². The Morgan fingerprint density at radius 2 is 2.12 bits per heavy atom. The van der Waals surface area contributed by atoms with Gasteiger partial charge in [-0.2, -0.15) is 4.98 Å². The number of anilines is 1. The Balaban J connectivity index is 1.93. The van der Waals surface area contributed by atoms with Gasteiger partial charge in [0.25, 0.3) is 6.01 Å². The number of likely N-dealkylation sites (N-methyl/N-ethyl adjacent to an activating group) is 1. The van der Waals surface area contributed by atoms with E-state index < -0.39 is 17.7 Å². The van der Waals surface area contributed by atoms with E-state index in [0.29, 0.717) is 23.7 Å². The number of aromatic nitrogens is 2. The first kappa shape index (κ1) is 23.8. The third kappa shape index (κ3) is 4.95. The van der Waals surface area contributed by atoms with Crippen LogP contribution in [-0.2, 0) is 10.3 Å². The van der Waals surface area contributed by atoms with E-state index in [0.717, 1.165) is 19.4 Å². The maximum Gasteiger partial charge on any atom is 0.573 e. The van der Waals surface area contributed by atoms with Gasteiger partial charge in [0.15, 0.2) is 16.8 Å². The minimum Gasteiger partial charge on any atom is -0.422 e. The zero-order valence-corrected chi connectivity index (χ0v) is 19.8. The molecular formula is C22H27F3N4O3S. The predicted octanol–water partition coefficient (Wildman–Crippen LogP) is 5.31. The van der Waals surface area contributed by atoms with Crippen molar-refractivity contribution in [3.05, 3.63) is 23.2 Å². The van der Waals surface area contributed by atoms with Crippen LogP contribution in [0.1, 0.15) is 39.2 Å². The molecule has 0 spiro atoms. The highest BCUT2D eigenvalue weighted by Gasteiger charge is 2.38. The van der Waals surface area contributed by atoms with Crippen molar-refractivity contribution < 1.29 is 27.1 Å². The highest BCUT2D eigenvalue weighted by molar-refractivity contribution is 7.13. The normalized spacial score (nSPS) is 17.1. The summed E-state index contributed by atoms with van der Waals surface area (Å²) in [6.07, 6.45) is -1.17. The number of nitrogens with zero attached hydrogens (tertiary/aromatic N) is 3. The van der Waals surface area contributed by atoms with Crippen molar-refractivity contribution in [2.24, 2.45) is 0 Å². The van der Waals surface area contributed by atoms with Crippen LogP contribution in [0, 0.1) is 0 Å². The van der Waals surface area contributed by atoms with Crippen LogP contribution in [0.15, 0.2) is 22.1 Å². The van der Waals surface area contributed by atoms with E-state index in [-0.39, 0.29) is 28.7 Å². The van der Waals surface area contributed by atoms with Crippen molar-refractivity contribution in [1.29, 1.82) is 0 Å². The van der Waals surface area contributed by atoms with E-state index in [1.807, 2.05) is 11.8 Å². The van der Waals surface area contributed by atoms with Crippen molar-refractivity contribution >= 4 is 28.5 Å². The number of ether oxygens (including phenoxy) is 2. The molecule has 1 aromatic carbocycles. The Morgan fingerprint density at radius 3 is 2.70 bits per heavy atom. The molecule has 0 radical (unpaired) electrons. The molecule has 1 unspecified atom stereocenters. The number of halogens is 3. The topological polar surface area (TPSA) is 72.7 Å². The van der Waals surface area contributed by atoms with E-state index >= 15 is 0 Å². The first-order valence-electron chi connectivity index (χ1n) is 10.8. The van der Waals surface area contributed by atoms with Gasteiger partial charge in [-0.15, -0.1) is 24.5 Å². The second-order valence-electron chi connectivity index (χ2n) is 8.41. The summed E-state index contributed by atoms with van der Waals surface area (Å²) in [4.78, 5) is 10.8. The van der Waals surface area contributed by atoms with Gasteiger partial charge in [-0.1, -0.05) is 0 Å². The fraction of sp³-hybridized carbons (Fsp3) is 0.545. The zero-order chi connectivity index (χ0) is 23.8. The summed E-state index contributed by atoms with van der Waals surface area (Å²) in [5.74, 6) is -0.422. The van der Waals surface area contributed by atoms with Gasteiger partial charge in [0, 0.05) is 43.4 Å². The van der Waals surface area contributed by atoms with Gasteiger partial charge < -0.3 is 24.1 Å². The zero-order valence-electron chi connectivity index (χ0n) is 19.0. The molecule has 7 nitrogen and oxygen atoms in total. The van der Waals surface area contributed by atoms with Gasteiger partial charge in [-0.25, -0.2) is 4.98 Å². The Hall–Kier alpha value is -2.37. The smallest absolute Gasteiger partial charge is 0.422 e. The van der Waals surface area contributed by atoms with Crippen LogP contribution in [0.4, 0.5) is 19.2 Å². The number of nitrogens with one attached hydrogen (secondary N) is 1. The van der Waals surface area contributed by atoms with E-state index in [1.54, 1.807) is 31.5 Å². The lowest BCUT2D eigenvalue weighted by Gasteiger charge is -2.27. The number of thiazole rings is 1. The summed E-state index contributed by atoms with van der Waals surface area (Å²) in [5.41, 5.74) is -0.137. The maximum atomic E-state index is 13.5. The lowest BCUT2D eigenvalue weighted by molar-refractivity contribution is -0.274. The van der Waals surface area contributed by atoms with Crippen molar-refractivity contribution in [3.63, 3.8) is 0 Å². The molecule has 3 aromatic rings. The molecule has 1 aliphatic rings. The molecule has 33 heavy (non-hydrogen) atoms. The number of oxazole rings is 1. The highest BCUT2D eigenvalue weighted by atomic mass is 32.1. The summed E-state index contributed by atoms with van der Waals surface area (Å²) >= 11 is 1.36. The summed E-state index contributed by atoms with van der Waals surface area (Å²) in [6, 6.07) is 2.11. The molecule has 0 saturated carbocycles. The molecule has 0 aliphatic carbocycles. The third-order valence-corrected chi connectivity index (χ3v) is 6.71. The molecule has 180 valence electrons. The lowest BCUT2D eigenvalue weighted by atomic mass is 9.94. The first-order valence-corrected chi connectivity index (χ1v) is 11.7. The number of methoxy groups -OCH3 is 1. The van der Waals surface area contributed by atoms with Crippen LogP contribution in [0.5, 0.6) is 5.75 Å². The molecule has 1 N–H and O–H groups in total. The van der Waals surface area contributed by atoms with Gasteiger partial charge in [0.05, 0.1) is 11.2 Å². The molecule has 4 rings (SSSR count). The molecule has 1 aliphatic heterocycles. The van der Waals surface area contributed by atoms with Crippen molar-refractivity contribution in [2.75, 3.05) is 31.6 Å². The van der Waals surface area contributed by atoms with E-state index in [4.69, 9.17) is 9.15 Å². The Kier molecular flexibility index (Phi) is 6.56. The second kappa shape index (κ2) is 9.11. The Labute approximate surface area is 193 Å². The van der Waals surface area contributed by atoms with Crippen LogP contribution >= 0.6 is 11.3 Å². The van der Waals surface area contributed by atoms with Gasteiger partial charge in [-0.05, 0) is 46.2 Å². The molecule has 0 bridgehead atoms. The minimum absolute atomic E-state index is 0.00650. The van der Waals surface area contributed by atoms with Crippen molar-refractivity contribution in [2.45, 2.75) is 51.6 Å². The number of benzene rings is 1. The summed E-state index contributed by atoms with van der Waals surface area (Å²) in [6.45, 7) is 7.48. The second-order valence-corrected chi connectivity index (χ2v) is 9.30. The van der Waals surface area contributed by atoms with Crippen LogP contribution in [0.25, 0.3) is 21.7 Å². The van der Waals surface area contributed by atoms with Crippen molar-refractivity contribution in [3.8, 4) is 16.3 Å². The molecule has 2 aromatic heterocycles. The Morgan fingerprint density at radius 1 is 1.33 bits per heavy atom. The molecule has 1 saturated heterocycles. The molecule has 1 fully saturated rings. The largest absolute Gasteiger partial charge is 0.573 e. The van der Waals surface area contributed by atoms with Crippen LogP contribution in [0.2, 0.25) is 0 Å². The molecule has 1 atom stereocenters. The SMILES string of the molecule is CCN(CC1CCCN1)c1nc2c(OC(F)(F)F)c(C(C)(C)OC)cc(-c3nccs3)c2o1. The molecule has 0 amide bonds. The number of hydrogen-bond donors (Lipinski definition) is 1. The van der Waals surface area contributed by atoms with Crippen molar-refractivity contribution in [1.82, 2.24) is 15.3 Å². The van der Waals surface area contributed by atoms with Crippen LogP contribution in [0.3, 0.4) is 0 Å². The Bertz CT molecular complexity index is 1090. The number of hydrogen-bond acceptors (Lipinski definition) is 8. The lowest BCUT2D eigenvalue weighted by Crippen LogP contribution is -2.37. The predicted molar refractivity (Wildman–Crippen MR) is 121 cm³/mol. The van der Waals surface area contributed by atoms with Gasteiger partial charge in [0.2, 0.25) is 0 Å². The van der Waals surface area contributed by atoms with E-state index in [2.05, 4.69) is 20.0 Å². The summed E-state index contributed by atoms with van der Waals surface area (Å²) in [7, 11) is 1.44. The number of rotatable bonds is 8. The average Bonchev–Trinajstić information content (AvgIpc) is 3.52. The van der Waals surface area contributed by atoms with Gasteiger partial charge in [0.1, 0.15) is 5.01 Å². The van der Waals surface area contributed by atoms with Crippen LogP contribution in [-0.4, -0.2) is 49.1 Å². The number of alkyl halides is 3. The summed E-state index contributed by atoms with van der Waals surface area (Å²) in [5, 5.41) is 5.83. The first-order chi connectivity index (χ1) is 15.6. The average molecular weight is 485 g/mol. The quantitative estimate of drug-likeness (QED) is 0.465. The van der Waals surface area contributed by atoms with E-state index in [9.17, 15) is 13.2 Å². The summed E-state index contributed by atoms with van der Waals surface area (Å²) < 4.78 is 56.5. The minimum atomic E-state index is -4.91. The maximum absolute atomic E-state index is 13.5. The van der Waals surface area contributed by atoms with Gasteiger partial charge >= 0.3 is 6.36 Å². The standard InChI is InChI=1S/C22H27F3N4O3S/c1-5-29(12-13-7-6-8-26-13)20-28-16-17(31-20)14(19-27-9-10-33-19)11-15(21(2,3)30-4)18(16)32-22(23,24)25/h9-11,13,26H,5-8,12H2,1-4H3. The van der Waals surface area contributed by atoms with Gasteiger partial charge in [-0.3, -0.25) is 0 Å². The monoisotopic (exact) mass is 484 g/mol. The third-order valence-electron chi connectivity index (χ3n) is 5.90. The molecular weight excluding hydrogens is 457 g/mol. The molecule has 3 heterocycles. The molecule has 11 heteroatoms. The fourth-order valence-electron chi connectivity index (χ4n) is 4.00. The fourth-order valence-corrected chi connectivity index (χ4v) is 4.65.